The molecule has 0 aromatic carbocycles. The van der Waals surface area contributed by atoms with Crippen molar-refractivity contribution in [2.24, 2.45) is 10.7 Å². The van der Waals surface area contributed by atoms with Crippen molar-refractivity contribution in [3.63, 3.8) is 0 Å². The van der Waals surface area contributed by atoms with Crippen LogP contribution in [0.15, 0.2) is 29.2 Å². The second kappa shape index (κ2) is 4.57. The first-order valence-electron chi connectivity index (χ1n) is 5.35. The molecule has 0 spiro atoms. The summed E-state index contributed by atoms with van der Waals surface area (Å²) in [6.07, 6.45) is 7.45. The Morgan fingerprint density at radius 2 is 2.27 bits per heavy atom. The van der Waals surface area contributed by atoms with Crippen LogP contribution in [-0.4, -0.2) is 29.9 Å². The van der Waals surface area contributed by atoms with Gasteiger partial charge in [-0.15, -0.1) is 0 Å². The molecule has 4 heteroatoms. The van der Waals surface area contributed by atoms with Gasteiger partial charge in [0.2, 0.25) is 0 Å². The molecule has 0 aromatic heterocycles. The molecule has 3 nitrogen and oxygen atoms in total. The fraction of sp³-hybridized carbons (Fsp3) is 0.545. The van der Waals surface area contributed by atoms with Crippen molar-refractivity contribution >= 4 is 5.84 Å². The van der Waals surface area contributed by atoms with Gasteiger partial charge >= 0.3 is 0 Å². The van der Waals surface area contributed by atoms with Gasteiger partial charge in [-0.1, -0.05) is 6.08 Å². The van der Waals surface area contributed by atoms with Crippen LogP contribution in [0.2, 0.25) is 0 Å². The largest absolute Gasteiger partial charge is 0.357 e. The Morgan fingerprint density at radius 1 is 1.47 bits per heavy atom. The fourth-order valence-electron chi connectivity index (χ4n) is 1.78. The number of nitrogens with zero attached hydrogens (tertiary/aromatic N) is 2. The maximum absolute atomic E-state index is 13.1. The van der Waals surface area contributed by atoms with E-state index in [0.29, 0.717) is 0 Å². The maximum atomic E-state index is 13.1. The molecular weight excluding hydrogens is 193 g/mol. The Labute approximate surface area is 89.2 Å². The normalized spacial score (nSPS) is 32.5. The monoisotopic (exact) mass is 209 g/mol. The summed E-state index contributed by atoms with van der Waals surface area (Å²) >= 11 is 0. The fourth-order valence-corrected chi connectivity index (χ4v) is 1.78. The summed E-state index contributed by atoms with van der Waals surface area (Å²) in [7, 11) is 0. The second-order valence-electron chi connectivity index (χ2n) is 4.02. The molecule has 0 aromatic rings. The molecule has 0 bridgehead atoms. The Morgan fingerprint density at radius 3 is 3.00 bits per heavy atom. The van der Waals surface area contributed by atoms with Crippen molar-refractivity contribution in [3.8, 4) is 0 Å². The van der Waals surface area contributed by atoms with Crippen LogP contribution in [0, 0.1) is 0 Å². The zero-order valence-corrected chi connectivity index (χ0v) is 8.69. The molecule has 1 fully saturated rings. The first-order valence-corrected chi connectivity index (χ1v) is 5.35. The standard InChI is InChI=1S/C11H16FN3/c12-9-4-2-1-3-5-11(14-6-9)15-7-10(13)8-15/h2,4,6,10H,1,3,5,7-8,13H2/b4-2-,9-6+,14-11+. The van der Waals surface area contributed by atoms with Crippen LogP contribution in [0.25, 0.3) is 0 Å². The number of allylic oxidation sites excluding steroid dienone is 3. The van der Waals surface area contributed by atoms with E-state index in [1.54, 1.807) is 0 Å². The molecular formula is C11H16FN3. The number of aliphatic imine (C=N–C) groups is 1. The van der Waals surface area contributed by atoms with Crippen molar-refractivity contribution in [1.29, 1.82) is 0 Å². The molecule has 0 amide bonds. The predicted molar refractivity (Wildman–Crippen MR) is 59.2 cm³/mol. The minimum atomic E-state index is -0.278. The molecule has 2 aliphatic heterocycles. The lowest BCUT2D eigenvalue weighted by atomic mass is 10.1. The lowest BCUT2D eigenvalue weighted by Crippen LogP contribution is -2.57. The van der Waals surface area contributed by atoms with E-state index in [-0.39, 0.29) is 11.9 Å². The minimum absolute atomic E-state index is 0.257. The van der Waals surface area contributed by atoms with E-state index in [1.807, 2.05) is 6.08 Å². The Hall–Kier alpha value is -1.16. The summed E-state index contributed by atoms with van der Waals surface area (Å²) in [6.45, 7) is 1.70. The molecule has 2 aliphatic rings. The molecule has 0 saturated carbocycles. The van der Waals surface area contributed by atoms with E-state index in [1.165, 1.54) is 12.3 Å². The third-order valence-electron chi connectivity index (χ3n) is 2.66. The predicted octanol–water partition coefficient (Wildman–Crippen LogP) is 1.58. The Bertz CT molecular complexity index is 314. The summed E-state index contributed by atoms with van der Waals surface area (Å²) in [5.41, 5.74) is 5.71. The molecule has 1 saturated heterocycles. The van der Waals surface area contributed by atoms with E-state index in [0.717, 1.165) is 38.2 Å². The van der Waals surface area contributed by atoms with Gasteiger partial charge in [-0.2, -0.15) is 0 Å². The Balaban J connectivity index is 2.05. The van der Waals surface area contributed by atoms with E-state index in [2.05, 4.69) is 9.89 Å². The van der Waals surface area contributed by atoms with Gasteiger partial charge in [0.25, 0.3) is 0 Å². The zero-order valence-electron chi connectivity index (χ0n) is 8.69. The van der Waals surface area contributed by atoms with Crippen LogP contribution in [0.5, 0.6) is 0 Å². The van der Waals surface area contributed by atoms with E-state index >= 15 is 0 Å². The topological polar surface area (TPSA) is 41.6 Å². The van der Waals surface area contributed by atoms with Crippen molar-refractivity contribution < 1.29 is 4.39 Å². The lowest BCUT2D eigenvalue weighted by molar-refractivity contribution is 0.249. The number of hydrogen-bond acceptors (Lipinski definition) is 3. The highest BCUT2D eigenvalue weighted by molar-refractivity contribution is 5.83. The average molecular weight is 209 g/mol. The molecule has 15 heavy (non-hydrogen) atoms. The number of halogens is 1. The third kappa shape index (κ3) is 2.65. The van der Waals surface area contributed by atoms with Gasteiger partial charge < -0.3 is 10.6 Å². The highest BCUT2D eigenvalue weighted by Crippen LogP contribution is 2.14. The smallest absolute Gasteiger partial charge is 0.141 e. The Kier molecular flexibility index (Phi) is 3.16. The summed E-state index contributed by atoms with van der Waals surface area (Å²) in [5.74, 6) is 0.690. The molecule has 0 unspecified atom stereocenters. The van der Waals surface area contributed by atoms with Crippen LogP contribution < -0.4 is 5.73 Å². The lowest BCUT2D eigenvalue weighted by Gasteiger charge is -2.39. The highest BCUT2D eigenvalue weighted by Gasteiger charge is 2.25. The zero-order chi connectivity index (χ0) is 10.7. The minimum Gasteiger partial charge on any atom is -0.357 e. The number of nitrogens with two attached hydrogens (primary N) is 1. The van der Waals surface area contributed by atoms with Crippen molar-refractivity contribution in [1.82, 2.24) is 4.90 Å². The molecule has 2 N–H and O–H groups in total. The van der Waals surface area contributed by atoms with Gasteiger partial charge in [-0.3, -0.25) is 0 Å². The van der Waals surface area contributed by atoms with Crippen LogP contribution >= 0.6 is 0 Å². The van der Waals surface area contributed by atoms with Crippen molar-refractivity contribution in [3.05, 3.63) is 24.2 Å². The molecule has 0 radical (unpaired) electrons. The van der Waals surface area contributed by atoms with Gasteiger partial charge in [0, 0.05) is 25.6 Å². The van der Waals surface area contributed by atoms with Crippen molar-refractivity contribution in [2.45, 2.75) is 25.3 Å². The summed E-state index contributed by atoms with van der Waals surface area (Å²) in [5, 5.41) is 0. The van der Waals surface area contributed by atoms with Gasteiger partial charge in [0.05, 0.1) is 6.20 Å². The van der Waals surface area contributed by atoms with Gasteiger partial charge in [-0.25, -0.2) is 9.38 Å². The van der Waals surface area contributed by atoms with Crippen LogP contribution in [-0.2, 0) is 0 Å². The quantitative estimate of drug-likeness (QED) is 0.658. The number of rotatable bonds is 0. The SMILES string of the molecule is NC1CN(/C2=N/C=C(F)\C=C/CCC2)C1. The van der Waals surface area contributed by atoms with Crippen LogP contribution in [0.3, 0.4) is 0 Å². The first-order chi connectivity index (χ1) is 7.25. The summed E-state index contributed by atoms with van der Waals surface area (Å²) in [4.78, 5) is 6.30. The molecule has 0 atom stereocenters. The number of likely N-dealkylation sites (tertiary alicyclic amines) is 1. The molecule has 0 aliphatic carbocycles. The average Bonchev–Trinajstić information content (AvgIpc) is 2.26. The second-order valence-corrected chi connectivity index (χ2v) is 4.02. The van der Waals surface area contributed by atoms with Crippen LogP contribution in [0.1, 0.15) is 19.3 Å². The summed E-state index contributed by atoms with van der Waals surface area (Å²) in [6, 6.07) is 0.257. The van der Waals surface area contributed by atoms with Gasteiger partial charge in [0.15, 0.2) is 0 Å². The number of amidine groups is 1. The van der Waals surface area contributed by atoms with Gasteiger partial charge in [0.1, 0.15) is 11.7 Å². The third-order valence-corrected chi connectivity index (χ3v) is 2.66. The highest BCUT2D eigenvalue weighted by atomic mass is 19.1. The van der Waals surface area contributed by atoms with E-state index in [9.17, 15) is 4.39 Å². The van der Waals surface area contributed by atoms with Crippen molar-refractivity contribution in [2.75, 3.05) is 13.1 Å². The first kappa shape index (κ1) is 10.4. The van der Waals surface area contributed by atoms with Crippen LogP contribution in [0.4, 0.5) is 4.39 Å². The molecule has 82 valence electrons. The van der Waals surface area contributed by atoms with E-state index in [4.69, 9.17) is 5.73 Å². The van der Waals surface area contributed by atoms with Gasteiger partial charge in [-0.05, 0) is 18.9 Å². The molecule has 2 rings (SSSR count). The number of hydrogen-bond donors (Lipinski definition) is 1. The maximum Gasteiger partial charge on any atom is 0.141 e. The molecule has 2 heterocycles. The van der Waals surface area contributed by atoms with E-state index < -0.39 is 0 Å². The summed E-state index contributed by atoms with van der Waals surface area (Å²) < 4.78 is 13.1.